The van der Waals surface area contributed by atoms with E-state index in [0.29, 0.717) is 6.42 Å². The molecule has 0 bridgehead atoms. The predicted octanol–water partition coefficient (Wildman–Crippen LogP) is 2.37. The first-order valence-corrected chi connectivity index (χ1v) is 6.01. The van der Waals surface area contributed by atoms with Gasteiger partial charge in [0.25, 0.3) is 0 Å². The zero-order valence-electron chi connectivity index (χ0n) is 10.7. The smallest absolute Gasteiger partial charge is 0.237 e. The van der Waals surface area contributed by atoms with Gasteiger partial charge in [-0.05, 0) is 5.92 Å². The Morgan fingerprint density at radius 3 is 2.00 bits per heavy atom. The summed E-state index contributed by atoms with van der Waals surface area (Å²) in [7, 11) is 0. The molecule has 2 amide bonds. The van der Waals surface area contributed by atoms with Crippen LogP contribution in [0.2, 0.25) is 0 Å². The van der Waals surface area contributed by atoms with E-state index in [4.69, 9.17) is 0 Å². The first-order valence-electron chi connectivity index (χ1n) is 5.13. The molecule has 0 spiro atoms. The number of hydrogen-bond acceptors (Lipinski definition) is 3. The summed E-state index contributed by atoms with van der Waals surface area (Å²) in [6.07, 6.45) is 0.328. The molecule has 1 aliphatic rings. The minimum atomic E-state index is -0.188. The SMILES string of the molecule is CC(C)C.C[C-](C)SC1CC(=O)NC1=O.[Y]. The second kappa shape index (κ2) is 9.61. The van der Waals surface area contributed by atoms with Gasteiger partial charge in [0.05, 0.1) is 5.25 Å². The van der Waals surface area contributed by atoms with Crippen LogP contribution in [-0.4, -0.2) is 17.1 Å². The zero-order chi connectivity index (χ0) is 12.0. The minimum Gasteiger partial charge on any atom is -0.336 e. The van der Waals surface area contributed by atoms with Crippen LogP contribution >= 0.6 is 11.8 Å². The van der Waals surface area contributed by atoms with Crippen LogP contribution in [0.1, 0.15) is 41.0 Å². The van der Waals surface area contributed by atoms with Gasteiger partial charge in [-0.1, -0.05) is 20.8 Å². The molecule has 1 heterocycles. The van der Waals surface area contributed by atoms with Gasteiger partial charge in [-0.2, -0.15) is 13.8 Å². The molecule has 0 saturated carbocycles. The molecule has 1 radical (unpaired) electrons. The van der Waals surface area contributed by atoms with E-state index in [1.165, 1.54) is 11.8 Å². The van der Waals surface area contributed by atoms with Gasteiger partial charge in [-0.3, -0.25) is 20.2 Å². The van der Waals surface area contributed by atoms with Crippen molar-refractivity contribution < 1.29 is 42.3 Å². The molecule has 1 saturated heterocycles. The van der Waals surface area contributed by atoms with Crippen molar-refractivity contribution >= 4 is 23.6 Å². The van der Waals surface area contributed by atoms with E-state index in [0.717, 1.165) is 11.2 Å². The monoisotopic (exact) mass is 319 g/mol. The average molecular weight is 319 g/mol. The molecule has 0 aromatic heterocycles. The Bertz CT molecular complexity index is 229. The number of hydrogen-bond donors (Lipinski definition) is 1. The van der Waals surface area contributed by atoms with E-state index in [2.05, 4.69) is 26.1 Å². The molecule has 1 N–H and O–H groups in total. The van der Waals surface area contributed by atoms with Gasteiger partial charge in [0.15, 0.2) is 0 Å². The van der Waals surface area contributed by atoms with Crippen molar-refractivity contribution in [1.29, 1.82) is 0 Å². The quantitative estimate of drug-likeness (QED) is 0.628. The fourth-order valence-corrected chi connectivity index (χ4v) is 1.88. The second-order valence-electron chi connectivity index (χ2n) is 4.36. The van der Waals surface area contributed by atoms with Crippen molar-refractivity contribution in [3.63, 3.8) is 0 Å². The summed E-state index contributed by atoms with van der Waals surface area (Å²) in [4.78, 5) is 21.6. The summed E-state index contributed by atoms with van der Waals surface area (Å²) in [5.41, 5.74) is 0. The number of rotatable bonds is 2. The molecule has 5 heteroatoms. The van der Waals surface area contributed by atoms with Crippen molar-refractivity contribution in [2.24, 2.45) is 5.92 Å². The van der Waals surface area contributed by atoms with Crippen LogP contribution in [0.3, 0.4) is 0 Å². The summed E-state index contributed by atoms with van der Waals surface area (Å²) in [5, 5.41) is 3.18. The van der Waals surface area contributed by atoms with Crippen molar-refractivity contribution in [3.8, 4) is 0 Å². The third-order valence-corrected chi connectivity index (χ3v) is 2.44. The first-order chi connectivity index (χ1) is 6.82. The van der Waals surface area contributed by atoms with Crippen molar-refractivity contribution in [2.75, 3.05) is 0 Å². The number of carbonyl (C=O) groups is 2. The maximum absolute atomic E-state index is 11.0. The molecule has 1 unspecified atom stereocenters. The fourth-order valence-electron chi connectivity index (χ4n) is 0.910. The van der Waals surface area contributed by atoms with Gasteiger partial charge in [0.1, 0.15) is 0 Å². The van der Waals surface area contributed by atoms with Gasteiger partial charge in [-0.25, -0.2) is 0 Å². The molecule has 1 aliphatic heterocycles. The molecule has 0 aromatic carbocycles. The van der Waals surface area contributed by atoms with E-state index in [1.807, 2.05) is 13.8 Å². The second-order valence-corrected chi connectivity index (χ2v) is 5.98. The summed E-state index contributed by atoms with van der Waals surface area (Å²) in [6, 6.07) is 0. The number of nitrogens with one attached hydrogen (secondary N) is 1. The number of carbonyl (C=O) groups excluding carboxylic acids is 2. The van der Waals surface area contributed by atoms with Gasteiger partial charge in [-0.15, -0.1) is 0 Å². The van der Waals surface area contributed by atoms with Crippen LogP contribution in [0.4, 0.5) is 0 Å². The third-order valence-electron chi connectivity index (χ3n) is 1.30. The summed E-state index contributed by atoms with van der Waals surface area (Å²) < 4.78 is 0. The molecule has 1 fully saturated rings. The topological polar surface area (TPSA) is 46.2 Å². The Labute approximate surface area is 128 Å². The largest absolute Gasteiger partial charge is 0.336 e. The zero-order valence-corrected chi connectivity index (χ0v) is 14.3. The molecule has 0 aliphatic carbocycles. The van der Waals surface area contributed by atoms with Gasteiger partial charge < -0.3 is 11.8 Å². The van der Waals surface area contributed by atoms with Crippen molar-refractivity contribution in [2.45, 2.75) is 46.3 Å². The molecule has 1 atom stereocenters. The predicted molar refractivity (Wildman–Crippen MR) is 64.2 cm³/mol. The summed E-state index contributed by atoms with van der Waals surface area (Å²) >= 11 is 1.46. The van der Waals surface area contributed by atoms with E-state index < -0.39 is 0 Å². The Morgan fingerprint density at radius 1 is 1.31 bits per heavy atom. The maximum atomic E-state index is 11.0. The number of amides is 2. The number of imide groups is 1. The average Bonchev–Trinajstić information content (AvgIpc) is 2.27. The van der Waals surface area contributed by atoms with Gasteiger partial charge >= 0.3 is 0 Å². The van der Waals surface area contributed by atoms with Crippen LogP contribution in [0.25, 0.3) is 0 Å². The van der Waals surface area contributed by atoms with E-state index in [1.54, 1.807) is 0 Å². The van der Waals surface area contributed by atoms with Crippen LogP contribution in [0, 0.1) is 11.2 Å². The van der Waals surface area contributed by atoms with Crippen LogP contribution in [0.15, 0.2) is 0 Å². The van der Waals surface area contributed by atoms with Crippen LogP contribution in [-0.2, 0) is 42.3 Å². The summed E-state index contributed by atoms with van der Waals surface area (Å²) in [6.45, 7) is 10.4. The molecular formula is C11H20NO2SY-. The fraction of sp³-hybridized carbons (Fsp3) is 0.727. The molecule has 16 heavy (non-hydrogen) atoms. The van der Waals surface area contributed by atoms with Crippen molar-refractivity contribution in [1.82, 2.24) is 5.32 Å². The minimum absolute atomic E-state index is 0. The molecule has 3 nitrogen and oxygen atoms in total. The van der Waals surface area contributed by atoms with Gasteiger partial charge in [0, 0.05) is 39.1 Å². The Kier molecular flexibility index (Phi) is 11.4. The normalized spacial score (nSPS) is 19.1. The molecule has 0 aromatic rings. The van der Waals surface area contributed by atoms with Crippen LogP contribution in [0.5, 0.6) is 0 Å². The molecular weight excluding hydrogens is 299 g/mol. The van der Waals surface area contributed by atoms with E-state index in [-0.39, 0.29) is 49.8 Å². The van der Waals surface area contributed by atoms with Crippen LogP contribution < -0.4 is 5.32 Å². The Balaban J connectivity index is 0. The third kappa shape index (κ3) is 9.79. The van der Waals surface area contributed by atoms with Crippen molar-refractivity contribution in [3.05, 3.63) is 5.25 Å². The Morgan fingerprint density at radius 2 is 1.75 bits per heavy atom. The first kappa shape index (κ1) is 18.9. The summed E-state index contributed by atoms with van der Waals surface area (Å²) in [5.74, 6) is 0.523. The van der Waals surface area contributed by atoms with Gasteiger partial charge in [0.2, 0.25) is 11.8 Å². The Hall–Kier alpha value is 0.594. The maximum Gasteiger partial charge on any atom is 0.237 e. The van der Waals surface area contributed by atoms with E-state index in [9.17, 15) is 9.59 Å². The number of thioether (sulfide) groups is 1. The van der Waals surface area contributed by atoms with E-state index >= 15 is 0 Å². The molecule has 91 valence electrons. The standard InChI is InChI=1S/C7H10NO2S.C4H10.Y/c1-4(2)11-5-3-6(9)8-7(5)10;1-4(2)3;/h5H,3H2,1-2H3,(H,8,9,10);4H,1-3H3;/q-1;;. The molecule has 1 rings (SSSR count).